The molecule has 3 rings (SSSR count). The van der Waals surface area contributed by atoms with Crippen LogP contribution >= 0.6 is 0 Å². The van der Waals surface area contributed by atoms with E-state index in [2.05, 4.69) is 29.3 Å². The summed E-state index contributed by atoms with van der Waals surface area (Å²) in [5.74, 6) is 1.04. The number of likely N-dealkylation sites (tertiary alicyclic amines) is 1. The molecule has 1 aromatic rings. The van der Waals surface area contributed by atoms with E-state index in [0.717, 1.165) is 44.1 Å². The summed E-state index contributed by atoms with van der Waals surface area (Å²) >= 11 is 0. The van der Waals surface area contributed by atoms with Crippen LogP contribution in [0.3, 0.4) is 0 Å². The average Bonchev–Trinajstić information content (AvgIpc) is 2.85. The third-order valence-electron chi connectivity index (χ3n) is 4.92. The molecule has 1 amide bonds. The third kappa shape index (κ3) is 3.29. The summed E-state index contributed by atoms with van der Waals surface area (Å²) in [5.41, 5.74) is 3.50. The van der Waals surface area contributed by atoms with Gasteiger partial charge in [0, 0.05) is 31.7 Å². The zero-order valence-corrected chi connectivity index (χ0v) is 13.0. The van der Waals surface area contributed by atoms with E-state index in [-0.39, 0.29) is 5.91 Å². The molecule has 0 aliphatic carbocycles. The van der Waals surface area contributed by atoms with Crippen LogP contribution in [0.1, 0.15) is 60.5 Å². The highest BCUT2D eigenvalue weighted by Crippen LogP contribution is 2.24. The largest absolute Gasteiger partial charge is 0.339 e. The van der Waals surface area contributed by atoms with Crippen molar-refractivity contribution >= 4 is 5.91 Å². The summed E-state index contributed by atoms with van der Waals surface area (Å²) in [7, 11) is 0. The molecule has 1 N–H and O–H groups in total. The number of carbonyl (C=O) groups excluding carboxylic acids is 1. The Morgan fingerprint density at radius 3 is 2.95 bits per heavy atom. The predicted octanol–water partition coefficient (Wildman–Crippen LogP) is 3.33. The van der Waals surface area contributed by atoms with Crippen molar-refractivity contribution < 1.29 is 4.79 Å². The van der Waals surface area contributed by atoms with Crippen molar-refractivity contribution in [2.24, 2.45) is 5.92 Å². The SMILES string of the molecule is CCCC1CCCN(C(=O)c2ccc3c(c2)CNC3)CC1. The van der Waals surface area contributed by atoms with E-state index in [9.17, 15) is 4.79 Å². The molecule has 2 aliphatic heterocycles. The molecule has 3 nitrogen and oxygen atoms in total. The molecule has 0 saturated carbocycles. The van der Waals surface area contributed by atoms with Crippen molar-refractivity contribution in [3.63, 3.8) is 0 Å². The molecular weight excluding hydrogens is 260 g/mol. The highest BCUT2D eigenvalue weighted by Gasteiger charge is 2.22. The molecule has 0 radical (unpaired) electrons. The van der Waals surface area contributed by atoms with Crippen LogP contribution in [0.2, 0.25) is 0 Å². The van der Waals surface area contributed by atoms with Gasteiger partial charge in [0.25, 0.3) is 5.91 Å². The Bertz CT molecular complexity index is 512. The molecule has 1 aromatic carbocycles. The number of fused-ring (bicyclic) bond motifs is 1. The van der Waals surface area contributed by atoms with Gasteiger partial charge in [-0.3, -0.25) is 4.79 Å². The first-order valence-corrected chi connectivity index (χ1v) is 8.39. The van der Waals surface area contributed by atoms with Gasteiger partial charge in [0.05, 0.1) is 0 Å². The van der Waals surface area contributed by atoms with Gasteiger partial charge in [-0.1, -0.05) is 25.8 Å². The van der Waals surface area contributed by atoms with Crippen LogP contribution in [0.4, 0.5) is 0 Å². The van der Waals surface area contributed by atoms with E-state index in [1.807, 2.05) is 6.07 Å². The summed E-state index contributed by atoms with van der Waals surface area (Å²) in [5, 5.41) is 3.34. The van der Waals surface area contributed by atoms with Crippen LogP contribution in [0.15, 0.2) is 18.2 Å². The minimum Gasteiger partial charge on any atom is -0.339 e. The van der Waals surface area contributed by atoms with Crippen molar-refractivity contribution in [2.75, 3.05) is 13.1 Å². The Morgan fingerprint density at radius 2 is 2.10 bits per heavy atom. The quantitative estimate of drug-likeness (QED) is 0.924. The first-order chi connectivity index (χ1) is 10.3. The van der Waals surface area contributed by atoms with Gasteiger partial charge in [0.2, 0.25) is 0 Å². The summed E-state index contributed by atoms with van der Waals surface area (Å²) < 4.78 is 0. The molecule has 2 heterocycles. The van der Waals surface area contributed by atoms with Crippen LogP contribution in [0, 0.1) is 5.92 Å². The van der Waals surface area contributed by atoms with Gasteiger partial charge in [-0.15, -0.1) is 0 Å². The summed E-state index contributed by atoms with van der Waals surface area (Å²) in [6, 6.07) is 6.20. The fraction of sp³-hybridized carbons (Fsp3) is 0.611. The standard InChI is InChI=1S/C18H26N2O/c1-2-4-14-5-3-9-20(10-8-14)18(21)15-6-7-16-12-19-13-17(16)11-15/h6-7,11,14,19H,2-5,8-10,12-13H2,1H3. The van der Waals surface area contributed by atoms with Gasteiger partial charge in [-0.05, 0) is 48.4 Å². The van der Waals surface area contributed by atoms with E-state index in [4.69, 9.17) is 0 Å². The van der Waals surface area contributed by atoms with E-state index < -0.39 is 0 Å². The number of hydrogen-bond donors (Lipinski definition) is 1. The van der Waals surface area contributed by atoms with Crippen LogP contribution in [-0.4, -0.2) is 23.9 Å². The molecule has 1 atom stereocenters. The average molecular weight is 286 g/mol. The number of nitrogens with one attached hydrogen (secondary N) is 1. The minimum absolute atomic E-state index is 0.224. The van der Waals surface area contributed by atoms with Crippen LogP contribution in [0.25, 0.3) is 0 Å². The lowest BCUT2D eigenvalue weighted by atomic mass is 9.96. The fourth-order valence-electron chi connectivity index (χ4n) is 3.68. The van der Waals surface area contributed by atoms with Crippen LogP contribution in [-0.2, 0) is 13.1 Å². The molecule has 3 heteroatoms. The van der Waals surface area contributed by atoms with Crippen LogP contribution < -0.4 is 5.32 Å². The summed E-state index contributed by atoms with van der Waals surface area (Å²) in [4.78, 5) is 14.8. The molecule has 0 aromatic heterocycles. The molecule has 114 valence electrons. The third-order valence-corrected chi connectivity index (χ3v) is 4.92. The van der Waals surface area contributed by atoms with Gasteiger partial charge >= 0.3 is 0 Å². The Morgan fingerprint density at radius 1 is 1.24 bits per heavy atom. The van der Waals surface area contributed by atoms with E-state index in [0.29, 0.717) is 0 Å². The second-order valence-electron chi connectivity index (χ2n) is 6.46. The highest BCUT2D eigenvalue weighted by atomic mass is 16.2. The van der Waals surface area contributed by atoms with Crippen molar-refractivity contribution in [1.29, 1.82) is 0 Å². The van der Waals surface area contributed by atoms with Crippen LogP contribution in [0.5, 0.6) is 0 Å². The molecular formula is C18H26N2O. The topological polar surface area (TPSA) is 32.3 Å². The first-order valence-electron chi connectivity index (χ1n) is 8.39. The molecule has 0 bridgehead atoms. The van der Waals surface area contributed by atoms with Gasteiger partial charge in [-0.2, -0.15) is 0 Å². The predicted molar refractivity (Wildman–Crippen MR) is 85.1 cm³/mol. The highest BCUT2D eigenvalue weighted by molar-refractivity contribution is 5.94. The first kappa shape index (κ1) is 14.6. The molecule has 0 spiro atoms. The minimum atomic E-state index is 0.224. The second-order valence-corrected chi connectivity index (χ2v) is 6.46. The molecule has 21 heavy (non-hydrogen) atoms. The lowest BCUT2D eigenvalue weighted by Gasteiger charge is -2.21. The zero-order valence-electron chi connectivity index (χ0n) is 13.0. The summed E-state index contributed by atoms with van der Waals surface area (Å²) in [6.45, 7) is 5.95. The van der Waals surface area contributed by atoms with Crippen molar-refractivity contribution in [2.45, 2.75) is 52.1 Å². The number of nitrogens with zero attached hydrogens (tertiary/aromatic N) is 1. The van der Waals surface area contributed by atoms with Crippen molar-refractivity contribution in [1.82, 2.24) is 10.2 Å². The zero-order chi connectivity index (χ0) is 14.7. The molecule has 1 unspecified atom stereocenters. The maximum absolute atomic E-state index is 12.7. The lowest BCUT2D eigenvalue weighted by molar-refractivity contribution is 0.0759. The van der Waals surface area contributed by atoms with Crippen molar-refractivity contribution in [3.05, 3.63) is 34.9 Å². The number of benzene rings is 1. The monoisotopic (exact) mass is 286 g/mol. The number of hydrogen-bond acceptors (Lipinski definition) is 2. The number of carbonyl (C=O) groups is 1. The Kier molecular flexibility index (Phi) is 4.59. The lowest BCUT2D eigenvalue weighted by Crippen LogP contribution is -2.32. The van der Waals surface area contributed by atoms with Gasteiger partial charge in [0.15, 0.2) is 0 Å². The maximum Gasteiger partial charge on any atom is 0.253 e. The number of amides is 1. The second kappa shape index (κ2) is 6.61. The number of rotatable bonds is 3. The van der Waals surface area contributed by atoms with Crippen molar-refractivity contribution in [3.8, 4) is 0 Å². The van der Waals surface area contributed by atoms with E-state index >= 15 is 0 Å². The smallest absolute Gasteiger partial charge is 0.253 e. The normalized spacial score (nSPS) is 22.0. The summed E-state index contributed by atoms with van der Waals surface area (Å²) in [6.07, 6.45) is 6.18. The molecule has 1 saturated heterocycles. The Labute approximate surface area is 127 Å². The van der Waals surface area contributed by atoms with E-state index in [1.54, 1.807) is 0 Å². The fourth-order valence-corrected chi connectivity index (χ4v) is 3.68. The Balaban J connectivity index is 1.67. The van der Waals surface area contributed by atoms with Gasteiger partial charge in [0.1, 0.15) is 0 Å². The van der Waals surface area contributed by atoms with E-state index in [1.165, 1.54) is 36.8 Å². The maximum atomic E-state index is 12.7. The molecule has 1 fully saturated rings. The Hall–Kier alpha value is -1.35. The van der Waals surface area contributed by atoms with Gasteiger partial charge < -0.3 is 10.2 Å². The van der Waals surface area contributed by atoms with Gasteiger partial charge in [-0.25, -0.2) is 0 Å². The molecule has 2 aliphatic rings.